The van der Waals surface area contributed by atoms with Crippen LogP contribution in [0.15, 0.2) is 0 Å². The molecular weight excluding hydrogens is 156 g/mol. The minimum absolute atomic E-state index is 0.188. The molecule has 3 nitrogen and oxygen atoms in total. The summed E-state index contributed by atoms with van der Waals surface area (Å²) in [5, 5.41) is 8.20. The maximum absolute atomic E-state index is 9.97. The van der Waals surface area contributed by atoms with Crippen molar-refractivity contribution in [1.29, 1.82) is 0 Å². The molecule has 0 amide bonds. The molecule has 0 atom stereocenters. The number of aliphatic carboxylic acids is 1. The van der Waals surface area contributed by atoms with E-state index in [0.717, 1.165) is 6.42 Å². The Morgan fingerprint density at radius 1 is 1.50 bits per heavy atom. The monoisotopic (exact) mass is 166 g/mol. The molecule has 0 radical (unpaired) electrons. The van der Waals surface area contributed by atoms with Crippen molar-refractivity contribution in [3.05, 3.63) is 0 Å². The van der Waals surface area contributed by atoms with Gasteiger partial charge in [0.2, 0.25) is 0 Å². The molecule has 0 spiro atoms. The van der Waals surface area contributed by atoms with Crippen molar-refractivity contribution in [2.75, 3.05) is 12.7 Å². The second-order valence-corrected chi connectivity index (χ2v) is 2.09. The topological polar surface area (TPSA) is 46.5 Å². The van der Waals surface area contributed by atoms with Crippen LogP contribution in [0.1, 0.15) is 19.3 Å². The lowest BCUT2D eigenvalue weighted by Gasteiger charge is -1.96. The standard InChI is InChI=1S/C6H11ClO3/c7-5-10-4-2-1-3-6(8)9/h1-5H2,(H,8,9). The SMILES string of the molecule is O=C(O)CCCCOCCl. The number of hydrogen-bond acceptors (Lipinski definition) is 2. The molecular formula is C6H11ClO3. The highest BCUT2D eigenvalue weighted by Crippen LogP contribution is 1.95. The maximum Gasteiger partial charge on any atom is 0.303 e. The molecule has 0 aromatic carbocycles. The first kappa shape index (κ1) is 9.72. The second-order valence-electron chi connectivity index (χ2n) is 1.87. The molecule has 0 rings (SSSR count). The molecule has 0 saturated carbocycles. The van der Waals surface area contributed by atoms with Gasteiger partial charge in [-0.15, -0.1) is 0 Å². The molecule has 0 bridgehead atoms. The Labute approximate surface area is 64.9 Å². The van der Waals surface area contributed by atoms with Crippen molar-refractivity contribution in [2.45, 2.75) is 19.3 Å². The Balaban J connectivity index is 2.84. The third-order valence-corrected chi connectivity index (χ3v) is 1.16. The van der Waals surface area contributed by atoms with E-state index in [1.165, 1.54) is 0 Å². The summed E-state index contributed by atoms with van der Waals surface area (Å²) in [6.45, 7) is 0.552. The van der Waals surface area contributed by atoms with Gasteiger partial charge in [-0.2, -0.15) is 0 Å². The quantitative estimate of drug-likeness (QED) is 0.480. The Morgan fingerprint density at radius 2 is 2.20 bits per heavy atom. The molecule has 60 valence electrons. The fraction of sp³-hybridized carbons (Fsp3) is 0.833. The molecule has 0 aliphatic carbocycles. The zero-order chi connectivity index (χ0) is 7.82. The number of ether oxygens (including phenoxy) is 1. The fourth-order valence-electron chi connectivity index (χ4n) is 0.535. The van der Waals surface area contributed by atoms with Crippen LogP contribution in [0, 0.1) is 0 Å². The van der Waals surface area contributed by atoms with Gasteiger partial charge in [-0.25, -0.2) is 0 Å². The van der Waals surface area contributed by atoms with Gasteiger partial charge in [0.25, 0.3) is 0 Å². The number of halogens is 1. The largest absolute Gasteiger partial charge is 0.481 e. The summed E-state index contributed by atoms with van der Waals surface area (Å²) < 4.78 is 4.79. The minimum atomic E-state index is -0.758. The molecule has 0 fully saturated rings. The molecule has 0 aliphatic rings. The van der Waals surface area contributed by atoms with Crippen molar-refractivity contribution in [1.82, 2.24) is 0 Å². The summed E-state index contributed by atoms with van der Waals surface area (Å²) in [5.41, 5.74) is 0. The van der Waals surface area contributed by atoms with Gasteiger partial charge >= 0.3 is 5.97 Å². The summed E-state index contributed by atoms with van der Waals surface area (Å²) >= 11 is 5.20. The van der Waals surface area contributed by atoms with Crippen molar-refractivity contribution >= 4 is 17.6 Å². The van der Waals surface area contributed by atoms with Gasteiger partial charge in [0, 0.05) is 13.0 Å². The van der Waals surface area contributed by atoms with Crippen molar-refractivity contribution in [3.63, 3.8) is 0 Å². The molecule has 0 heterocycles. The van der Waals surface area contributed by atoms with Crippen molar-refractivity contribution in [2.24, 2.45) is 0 Å². The van der Waals surface area contributed by atoms with Crippen LogP contribution in [0.4, 0.5) is 0 Å². The van der Waals surface area contributed by atoms with Crippen LogP contribution in [0.3, 0.4) is 0 Å². The molecule has 0 aromatic rings. The highest BCUT2D eigenvalue weighted by molar-refractivity contribution is 6.17. The lowest BCUT2D eigenvalue weighted by atomic mass is 10.2. The Bertz CT molecular complexity index is 95.0. The van der Waals surface area contributed by atoms with E-state index in [0.29, 0.717) is 13.0 Å². The minimum Gasteiger partial charge on any atom is -0.481 e. The maximum atomic E-state index is 9.97. The Morgan fingerprint density at radius 3 is 2.70 bits per heavy atom. The lowest BCUT2D eigenvalue weighted by molar-refractivity contribution is -0.137. The fourth-order valence-corrected chi connectivity index (χ4v) is 0.644. The average Bonchev–Trinajstić information content (AvgIpc) is 1.87. The molecule has 0 aliphatic heterocycles. The van der Waals surface area contributed by atoms with Gasteiger partial charge in [-0.1, -0.05) is 11.6 Å². The predicted molar refractivity (Wildman–Crippen MR) is 38.2 cm³/mol. The van der Waals surface area contributed by atoms with Crippen molar-refractivity contribution < 1.29 is 14.6 Å². The Kier molecular flexibility index (Phi) is 6.64. The van der Waals surface area contributed by atoms with Crippen LogP contribution >= 0.6 is 11.6 Å². The summed E-state index contributed by atoms with van der Waals surface area (Å²) in [6, 6.07) is 0.188. The number of rotatable bonds is 6. The number of carboxylic acids is 1. The molecule has 1 N–H and O–H groups in total. The van der Waals surface area contributed by atoms with E-state index >= 15 is 0 Å². The first-order valence-electron chi connectivity index (χ1n) is 3.13. The predicted octanol–water partition coefficient (Wildman–Crippen LogP) is 1.45. The first-order chi connectivity index (χ1) is 4.77. The molecule has 10 heavy (non-hydrogen) atoms. The second kappa shape index (κ2) is 6.83. The Hall–Kier alpha value is -0.280. The van der Waals surface area contributed by atoms with Crippen LogP contribution in [-0.2, 0) is 9.53 Å². The van der Waals surface area contributed by atoms with E-state index in [9.17, 15) is 4.79 Å². The number of carbonyl (C=O) groups is 1. The van der Waals surface area contributed by atoms with E-state index in [4.69, 9.17) is 21.4 Å². The number of carboxylic acid groups (broad SMARTS) is 1. The van der Waals surface area contributed by atoms with Crippen LogP contribution in [0.5, 0.6) is 0 Å². The van der Waals surface area contributed by atoms with E-state index in [1.54, 1.807) is 0 Å². The van der Waals surface area contributed by atoms with Gasteiger partial charge < -0.3 is 9.84 Å². The summed E-state index contributed by atoms with van der Waals surface area (Å²) in [5.74, 6) is -0.758. The number of hydrogen-bond donors (Lipinski definition) is 1. The van der Waals surface area contributed by atoms with Crippen LogP contribution < -0.4 is 0 Å². The summed E-state index contributed by atoms with van der Waals surface area (Å²) in [4.78, 5) is 9.97. The zero-order valence-electron chi connectivity index (χ0n) is 5.68. The number of alkyl halides is 1. The molecule has 0 unspecified atom stereocenters. The third-order valence-electron chi connectivity index (χ3n) is 1.01. The average molecular weight is 167 g/mol. The van der Waals surface area contributed by atoms with E-state index < -0.39 is 5.97 Å². The smallest absolute Gasteiger partial charge is 0.303 e. The van der Waals surface area contributed by atoms with Crippen molar-refractivity contribution in [3.8, 4) is 0 Å². The van der Waals surface area contributed by atoms with Gasteiger partial charge in [-0.05, 0) is 12.8 Å². The van der Waals surface area contributed by atoms with Gasteiger partial charge in [0.15, 0.2) is 0 Å². The highest BCUT2D eigenvalue weighted by atomic mass is 35.5. The lowest BCUT2D eigenvalue weighted by Crippen LogP contribution is -1.97. The first-order valence-corrected chi connectivity index (χ1v) is 3.66. The molecule has 0 aromatic heterocycles. The van der Waals surface area contributed by atoms with Crippen LogP contribution in [-0.4, -0.2) is 23.7 Å². The van der Waals surface area contributed by atoms with Crippen LogP contribution in [0.25, 0.3) is 0 Å². The zero-order valence-corrected chi connectivity index (χ0v) is 6.43. The normalized spacial score (nSPS) is 9.70. The van der Waals surface area contributed by atoms with E-state index in [-0.39, 0.29) is 12.5 Å². The number of unbranched alkanes of at least 4 members (excludes halogenated alkanes) is 1. The third kappa shape index (κ3) is 7.72. The van der Waals surface area contributed by atoms with Gasteiger partial charge in [0.1, 0.15) is 6.07 Å². The summed E-state index contributed by atoms with van der Waals surface area (Å²) in [6.07, 6.45) is 1.64. The van der Waals surface area contributed by atoms with Crippen LogP contribution in [0.2, 0.25) is 0 Å². The summed E-state index contributed by atoms with van der Waals surface area (Å²) in [7, 11) is 0. The molecule has 0 saturated heterocycles. The van der Waals surface area contributed by atoms with Gasteiger partial charge in [-0.3, -0.25) is 4.79 Å². The molecule has 4 heteroatoms. The van der Waals surface area contributed by atoms with E-state index in [2.05, 4.69) is 0 Å². The van der Waals surface area contributed by atoms with E-state index in [1.807, 2.05) is 0 Å². The van der Waals surface area contributed by atoms with Gasteiger partial charge in [0.05, 0.1) is 0 Å². The highest BCUT2D eigenvalue weighted by Gasteiger charge is 1.94.